The molecule has 3 nitrogen and oxygen atoms in total. The minimum absolute atomic E-state index is 0.382. The van der Waals surface area contributed by atoms with E-state index in [9.17, 15) is 5.11 Å². The predicted molar refractivity (Wildman–Crippen MR) is 91.2 cm³/mol. The van der Waals surface area contributed by atoms with Gasteiger partial charge in [-0.05, 0) is 48.8 Å². The summed E-state index contributed by atoms with van der Waals surface area (Å²) in [5.74, 6) is 2.43. The van der Waals surface area contributed by atoms with Crippen LogP contribution in [0.25, 0.3) is 0 Å². The number of hydrogen-bond donors (Lipinski definition) is 1. The summed E-state index contributed by atoms with van der Waals surface area (Å²) in [5, 5.41) is 10.4. The molecule has 1 aliphatic heterocycles. The second-order valence-corrected chi connectivity index (χ2v) is 6.93. The Bertz CT molecular complexity index is 422. The Kier molecular flexibility index (Phi) is 6.71. The van der Waals surface area contributed by atoms with Crippen LogP contribution in [0.5, 0.6) is 5.75 Å². The van der Waals surface area contributed by atoms with Crippen LogP contribution in [0, 0.1) is 11.8 Å². The van der Waals surface area contributed by atoms with Gasteiger partial charge in [-0.25, -0.2) is 0 Å². The first-order valence-electron chi connectivity index (χ1n) is 8.71. The van der Waals surface area contributed by atoms with Crippen LogP contribution in [0.15, 0.2) is 24.3 Å². The topological polar surface area (TPSA) is 32.7 Å². The number of piperidine rings is 1. The van der Waals surface area contributed by atoms with Crippen LogP contribution < -0.4 is 4.74 Å². The molecule has 1 aliphatic rings. The molecule has 1 fully saturated rings. The Hall–Kier alpha value is -1.06. The van der Waals surface area contributed by atoms with E-state index >= 15 is 0 Å². The molecule has 3 heteroatoms. The number of hydrogen-bond acceptors (Lipinski definition) is 3. The summed E-state index contributed by atoms with van der Waals surface area (Å²) in [6, 6.07) is 7.88. The van der Waals surface area contributed by atoms with Crippen molar-refractivity contribution in [1.82, 2.24) is 4.90 Å². The second-order valence-electron chi connectivity index (χ2n) is 6.93. The van der Waals surface area contributed by atoms with Gasteiger partial charge in [-0.15, -0.1) is 0 Å². The Morgan fingerprint density at radius 3 is 2.41 bits per heavy atom. The lowest BCUT2D eigenvalue weighted by atomic mass is 9.91. The van der Waals surface area contributed by atoms with Crippen LogP contribution in [0.4, 0.5) is 0 Å². The average molecular weight is 305 g/mol. The molecular formula is C19H31NO2. The number of nitrogens with zero attached hydrogens (tertiary/aromatic N) is 1. The third-order valence-corrected chi connectivity index (χ3v) is 4.40. The van der Waals surface area contributed by atoms with E-state index in [1.807, 2.05) is 24.3 Å². The standard InChI is InChI=1S/C19H31NO2/c1-4-11-22-18-7-5-17(6-8-18)19(21)9-10-20-13-15(2)12-16(3)14-20/h5-8,15-16,19,21H,4,9-14H2,1-3H3. The lowest BCUT2D eigenvalue weighted by Crippen LogP contribution is -2.39. The molecule has 0 amide bonds. The zero-order valence-corrected chi connectivity index (χ0v) is 14.3. The Labute approximate surface area is 135 Å². The van der Waals surface area contributed by atoms with Crippen molar-refractivity contribution >= 4 is 0 Å². The van der Waals surface area contributed by atoms with Crippen molar-refractivity contribution < 1.29 is 9.84 Å². The molecule has 0 radical (unpaired) electrons. The van der Waals surface area contributed by atoms with E-state index in [1.54, 1.807) is 0 Å². The van der Waals surface area contributed by atoms with Crippen LogP contribution >= 0.6 is 0 Å². The van der Waals surface area contributed by atoms with Crippen molar-refractivity contribution in [3.8, 4) is 5.75 Å². The SMILES string of the molecule is CCCOc1ccc(C(O)CCN2CC(C)CC(C)C2)cc1. The third-order valence-electron chi connectivity index (χ3n) is 4.40. The molecule has 0 bridgehead atoms. The molecule has 2 rings (SSSR count). The van der Waals surface area contributed by atoms with Gasteiger partial charge in [0.05, 0.1) is 12.7 Å². The molecule has 3 unspecified atom stereocenters. The fraction of sp³-hybridized carbons (Fsp3) is 0.684. The van der Waals surface area contributed by atoms with Gasteiger partial charge in [0.2, 0.25) is 0 Å². The largest absolute Gasteiger partial charge is 0.494 e. The monoisotopic (exact) mass is 305 g/mol. The Balaban J connectivity index is 1.80. The average Bonchev–Trinajstić information content (AvgIpc) is 2.50. The molecule has 124 valence electrons. The van der Waals surface area contributed by atoms with Gasteiger partial charge in [0.25, 0.3) is 0 Å². The maximum Gasteiger partial charge on any atom is 0.119 e. The first-order valence-corrected chi connectivity index (χ1v) is 8.71. The van der Waals surface area contributed by atoms with Crippen molar-refractivity contribution in [1.29, 1.82) is 0 Å². The van der Waals surface area contributed by atoms with E-state index < -0.39 is 0 Å². The number of benzene rings is 1. The Morgan fingerprint density at radius 2 is 1.82 bits per heavy atom. The van der Waals surface area contributed by atoms with Gasteiger partial charge in [-0.3, -0.25) is 0 Å². The molecule has 0 aliphatic carbocycles. The maximum absolute atomic E-state index is 10.4. The van der Waals surface area contributed by atoms with E-state index in [-0.39, 0.29) is 6.10 Å². The molecule has 1 aromatic carbocycles. The van der Waals surface area contributed by atoms with Gasteiger partial charge in [0.1, 0.15) is 5.75 Å². The highest BCUT2D eigenvalue weighted by Gasteiger charge is 2.22. The highest BCUT2D eigenvalue weighted by atomic mass is 16.5. The summed E-state index contributed by atoms with van der Waals surface area (Å²) < 4.78 is 5.58. The number of aliphatic hydroxyl groups excluding tert-OH is 1. The summed E-state index contributed by atoms with van der Waals surface area (Å²) >= 11 is 0. The number of rotatable bonds is 7. The zero-order valence-electron chi connectivity index (χ0n) is 14.3. The van der Waals surface area contributed by atoms with Crippen molar-refractivity contribution in [2.45, 2.75) is 46.1 Å². The normalized spacial score (nSPS) is 24.2. The molecule has 1 N–H and O–H groups in total. The molecule has 0 saturated carbocycles. The lowest BCUT2D eigenvalue weighted by molar-refractivity contribution is 0.103. The molecule has 1 saturated heterocycles. The first kappa shape index (κ1) is 17.3. The smallest absolute Gasteiger partial charge is 0.119 e. The van der Waals surface area contributed by atoms with Crippen LogP contribution in [-0.4, -0.2) is 36.2 Å². The molecular weight excluding hydrogens is 274 g/mol. The highest BCUT2D eigenvalue weighted by Crippen LogP contribution is 2.24. The van der Waals surface area contributed by atoms with E-state index in [0.717, 1.165) is 49.1 Å². The maximum atomic E-state index is 10.4. The van der Waals surface area contributed by atoms with E-state index in [4.69, 9.17) is 4.74 Å². The van der Waals surface area contributed by atoms with E-state index in [2.05, 4.69) is 25.7 Å². The lowest BCUT2D eigenvalue weighted by Gasteiger charge is -2.35. The minimum Gasteiger partial charge on any atom is -0.494 e. The van der Waals surface area contributed by atoms with Gasteiger partial charge in [0.15, 0.2) is 0 Å². The van der Waals surface area contributed by atoms with Gasteiger partial charge in [-0.1, -0.05) is 32.9 Å². The van der Waals surface area contributed by atoms with Crippen molar-refractivity contribution in [2.75, 3.05) is 26.2 Å². The molecule has 0 spiro atoms. The number of ether oxygens (including phenoxy) is 1. The van der Waals surface area contributed by atoms with Crippen molar-refractivity contribution in [3.05, 3.63) is 29.8 Å². The molecule has 0 aromatic heterocycles. The second kappa shape index (κ2) is 8.54. The van der Waals surface area contributed by atoms with Gasteiger partial charge < -0.3 is 14.7 Å². The summed E-state index contributed by atoms with van der Waals surface area (Å²) in [4.78, 5) is 2.50. The molecule has 1 heterocycles. The molecule has 22 heavy (non-hydrogen) atoms. The summed E-state index contributed by atoms with van der Waals surface area (Å²) in [6.45, 7) is 10.8. The quantitative estimate of drug-likeness (QED) is 0.830. The van der Waals surface area contributed by atoms with Crippen LogP contribution in [0.2, 0.25) is 0 Å². The van der Waals surface area contributed by atoms with Gasteiger partial charge >= 0.3 is 0 Å². The number of likely N-dealkylation sites (tertiary alicyclic amines) is 1. The van der Waals surface area contributed by atoms with Crippen LogP contribution in [0.1, 0.15) is 51.7 Å². The summed E-state index contributed by atoms with van der Waals surface area (Å²) in [6.07, 6.45) is 2.76. The minimum atomic E-state index is -0.382. The third kappa shape index (κ3) is 5.29. The summed E-state index contributed by atoms with van der Waals surface area (Å²) in [5.41, 5.74) is 0.988. The summed E-state index contributed by atoms with van der Waals surface area (Å²) in [7, 11) is 0. The zero-order chi connectivity index (χ0) is 15.9. The Morgan fingerprint density at radius 1 is 1.18 bits per heavy atom. The molecule has 1 aromatic rings. The highest BCUT2D eigenvalue weighted by molar-refractivity contribution is 5.28. The number of aliphatic hydroxyl groups is 1. The van der Waals surface area contributed by atoms with Gasteiger partial charge in [0, 0.05) is 19.6 Å². The fourth-order valence-electron chi connectivity index (χ4n) is 3.45. The fourth-order valence-corrected chi connectivity index (χ4v) is 3.45. The van der Waals surface area contributed by atoms with Gasteiger partial charge in [-0.2, -0.15) is 0 Å². The van der Waals surface area contributed by atoms with E-state index in [1.165, 1.54) is 19.5 Å². The predicted octanol–water partition coefficient (Wildman–Crippen LogP) is 3.88. The van der Waals surface area contributed by atoms with Crippen molar-refractivity contribution in [2.24, 2.45) is 11.8 Å². The first-order chi connectivity index (χ1) is 10.6. The molecule has 3 atom stereocenters. The van der Waals surface area contributed by atoms with Crippen molar-refractivity contribution in [3.63, 3.8) is 0 Å². The van der Waals surface area contributed by atoms with E-state index in [0.29, 0.717) is 0 Å². The van der Waals surface area contributed by atoms with Crippen LogP contribution in [-0.2, 0) is 0 Å². The van der Waals surface area contributed by atoms with Crippen LogP contribution in [0.3, 0.4) is 0 Å².